The molecular formula is C10H12N4O2S. The Morgan fingerprint density at radius 3 is 2.76 bits per heavy atom. The molecule has 0 unspecified atom stereocenters. The molecule has 0 radical (unpaired) electrons. The summed E-state index contributed by atoms with van der Waals surface area (Å²) in [4.78, 5) is 12.4. The molecule has 2 rings (SSSR count). The van der Waals surface area contributed by atoms with Crippen LogP contribution in [-0.4, -0.2) is 41.9 Å². The Labute approximate surface area is 99.0 Å². The maximum absolute atomic E-state index is 11.0. The molecule has 2 aromatic heterocycles. The topological polar surface area (TPSA) is 84.8 Å². The first kappa shape index (κ1) is 11.7. The Kier molecular flexibility index (Phi) is 3.19. The number of pyridine rings is 1. The molecule has 0 saturated carbocycles. The lowest BCUT2D eigenvalue weighted by Gasteiger charge is -2.04. The molecule has 7 heteroatoms. The van der Waals surface area contributed by atoms with Gasteiger partial charge in [0.05, 0.1) is 5.75 Å². The highest BCUT2D eigenvalue weighted by Gasteiger charge is 2.03. The van der Waals surface area contributed by atoms with Gasteiger partial charge in [0.2, 0.25) is 0 Å². The van der Waals surface area contributed by atoms with Crippen LogP contribution in [0.3, 0.4) is 0 Å². The van der Waals surface area contributed by atoms with Crippen molar-refractivity contribution in [2.45, 2.75) is 0 Å². The SMILES string of the molecule is CS(=O)(=O)CCNc1ccc2nccnc2n1. The number of hydrogen-bond acceptors (Lipinski definition) is 6. The van der Waals surface area contributed by atoms with Crippen molar-refractivity contribution in [1.82, 2.24) is 15.0 Å². The van der Waals surface area contributed by atoms with Gasteiger partial charge in [-0.2, -0.15) is 0 Å². The predicted molar refractivity (Wildman–Crippen MR) is 65.5 cm³/mol. The van der Waals surface area contributed by atoms with Crippen LogP contribution in [0.5, 0.6) is 0 Å². The first-order chi connectivity index (χ1) is 8.04. The van der Waals surface area contributed by atoms with Crippen LogP contribution < -0.4 is 5.32 Å². The van der Waals surface area contributed by atoms with Gasteiger partial charge in [-0.25, -0.2) is 18.4 Å². The van der Waals surface area contributed by atoms with Crippen molar-refractivity contribution >= 4 is 26.8 Å². The summed E-state index contributed by atoms with van der Waals surface area (Å²) >= 11 is 0. The van der Waals surface area contributed by atoms with E-state index in [1.807, 2.05) is 0 Å². The van der Waals surface area contributed by atoms with Gasteiger partial charge in [-0.05, 0) is 12.1 Å². The monoisotopic (exact) mass is 252 g/mol. The third-order valence-electron chi connectivity index (χ3n) is 2.11. The van der Waals surface area contributed by atoms with Gasteiger partial charge in [-0.15, -0.1) is 0 Å². The van der Waals surface area contributed by atoms with E-state index in [2.05, 4.69) is 20.3 Å². The number of hydrogen-bond donors (Lipinski definition) is 1. The predicted octanol–water partition coefficient (Wildman–Crippen LogP) is 0.481. The number of fused-ring (bicyclic) bond motifs is 1. The van der Waals surface area contributed by atoms with Crippen molar-refractivity contribution in [2.24, 2.45) is 0 Å². The molecule has 0 aliphatic rings. The lowest BCUT2D eigenvalue weighted by Crippen LogP contribution is -2.14. The number of anilines is 1. The summed E-state index contributed by atoms with van der Waals surface area (Å²) in [7, 11) is -2.96. The van der Waals surface area contributed by atoms with Gasteiger partial charge in [0, 0.05) is 25.2 Å². The second kappa shape index (κ2) is 4.62. The molecule has 0 amide bonds. The number of aromatic nitrogens is 3. The fraction of sp³-hybridized carbons (Fsp3) is 0.300. The van der Waals surface area contributed by atoms with Crippen molar-refractivity contribution < 1.29 is 8.42 Å². The molecule has 2 heterocycles. The Morgan fingerprint density at radius 2 is 2.00 bits per heavy atom. The van der Waals surface area contributed by atoms with E-state index in [4.69, 9.17) is 0 Å². The minimum atomic E-state index is -2.96. The van der Waals surface area contributed by atoms with Crippen LogP contribution in [0.2, 0.25) is 0 Å². The number of nitrogens with zero attached hydrogens (tertiary/aromatic N) is 3. The molecule has 0 atom stereocenters. The summed E-state index contributed by atoms with van der Waals surface area (Å²) < 4.78 is 21.9. The third-order valence-corrected chi connectivity index (χ3v) is 3.06. The van der Waals surface area contributed by atoms with Gasteiger partial charge in [0.1, 0.15) is 21.2 Å². The number of sulfone groups is 1. The lowest BCUT2D eigenvalue weighted by molar-refractivity contribution is 0.602. The average molecular weight is 252 g/mol. The Balaban J connectivity index is 2.09. The molecule has 0 aliphatic heterocycles. The van der Waals surface area contributed by atoms with Gasteiger partial charge in [0.25, 0.3) is 0 Å². The van der Waals surface area contributed by atoms with Gasteiger partial charge in [-0.3, -0.25) is 4.98 Å². The van der Waals surface area contributed by atoms with E-state index < -0.39 is 9.84 Å². The van der Waals surface area contributed by atoms with Gasteiger partial charge < -0.3 is 5.32 Å². The molecular weight excluding hydrogens is 240 g/mol. The molecule has 0 saturated heterocycles. The summed E-state index contributed by atoms with van der Waals surface area (Å²) in [5, 5.41) is 2.94. The maximum atomic E-state index is 11.0. The fourth-order valence-corrected chi connectivity index (χ4v) is 1.79. The highest BCUT2D eigenvalue weighted by atomic mass is 32.2. The lowest BCUT2D eigenvalue weighted by atomic mass is 10.4. The standard InChI is InChI=1S/C10H12N4O2S/c1-17(15,16)7-6-12-9-3-2-8-10(14-9)13-5-4-11-8/h2-5H,6-7H2,1H3,(H,12,13,14). The van der Waals surface area contributed by atoms with E-state index >= 15 is 0 Å². The summed E-state index contributed by atoms with van der Waals surface area (Å²) in [6, 6.07) is 3.54. The Hall–Kier alpha value is -1.76. The van der Waals surface area contributed by atoms with E-state index in [-0.39, 0.29) is 5.75 Å². The van der Waals surface area contributed by atoms with Crippen LogP contribution in [0.4, 0.5) is 5.82 Å². The normalized spacial score (nSPS) is 11.6. The van der Waals surface area contributed by atoms with Crippen molar-refractivity contribution in [1.29, 1.82) is 0 Å². The van der Waals surface area contributed by atoms with E-state index in [1.165, 1.54) is 6.26 Å². The first-order valence-corrected chi connectivity index (χ1v) is 7.10. The number of nitrogens with one attached hydrogen (secondary N) is 1. The van der Waals surface area contributed by atoms with Gasteiger partial charge in [0.15, 0.2) is 5.65 Å². The van der Waals surface area contributed by atoms with Crippen molar-refractivity contribution in [3.05, 3.63) is 24.5 Å². The van der Waals surface area contributed by atoms with Crippen LogP contribution in [0.1, 0.15) is 0 Å². The zero-order valence-corrected chi connectivity index (χ0v) is 10.1. The molecule has 90 valence electrons. The maximum Gasteiger partial charge on any atom is 0.180 e. The van der Waals surface area contributed by atoms with Crippen LogP contribution in [0.15, 0.2) is 24.5 Å². The molecule has 6 nitrogen and oxygen atoms in total. The van der Waals surface area contributed by atoms with Crippen LogP contribution in [0, 0.1) is 0 Å². The highest BCUT2D eigenvalue weighted by molar-refractivity contribution is 7.90. The summed E-state index contributed by atoms with van der Waals surface area (Å²) in [6.45, 7) is 0.331. The Bertz CT molecular complexity index is 627. The van der Waals surface area contributed by atoms with Gasteiger partial charge in [-0.1, -0.05) is 0 Å². The van der Waals surface area contributed by atoms with E-state index in [9.17, 15) is 8.42 Å². The molecule has 0 aliphatic carbocycles. The van der Waals surface area contributed by atoms with Crippen LogP contribution in [0.25, 0.3) is 11.2 Å². The molecule has 17 heavy (non-hydrogen) atoms. The molecule has 0 fully saturated rings. The number of rotatable bonds is 4. The molecule has 0 spiro atoms. The van der Waals surface area contributed by atoms with Crippen molar-refractivity contribution in [3.8, 4) is 0 Å². The minimum absolute atomic E-state index is 0.0766. The zero-order chi connectivity index (χ0) is 12.3. The third kappa shape index (κ3) is 3.35. The van der Waals surface area contributed by atoms with Crippen LogP contribution >= 0.6 is 0 Å². The molecule has 2 aromatic rings. The molecule has 1 N–H and O–H groups in total. The highest BCUT2D eigenvalue weighted by Crippen LogP contribution is 2.09. The van der Waals surface area contributed by atoms with Crippen molar-refractivity contribution in [2.75, 3.05) is 23.9 Å². The smallest absolute Gasteiger partial charge is 0.180 e. The summed E-state index contributed by atoms with van der Waals surface area (Å²) in [6.07, 6.45) is 4.37. The Morgan fingerprint density at radius 1 is 1.24 bits per heavy atom. The summed E-state index contributed by atoms with van der Waals surface area (Å²) in [5.74, 6) is 0.675. The van der Waals surface area contributed by atoms with Crippen LogP contribution in [-0.2, 0) is 9.84 Å². The largest absolute Gasteiger partial charge is 0.369 e. The minimum Gasteiger partial charge on any atom is -0.369 e. The van der Waals surface area contributed by atoms with Crippen molar-refractivity contribution in [3.63, 3.8) is 0 Å². The van der Waals surface area contributed by atoms with E-state index in [0.717, 1.165) is 0 Å². The van der Waals surface area contributed by atoms with E-state index in [0.29, 0.717) is 23.5 Å². The summed E-state index contributed by atoms with van der Waals surface area (Å²) in [5.41, 5.74) is 1.25. The quantitative estimate of drug-likeness (QED) is 0.852. The van der Waals surface area contributed by atoms with E-state index in [1.54, 1.807) is 24.5 Å². The molecule has 0 bridgehead atoms. The second-order valence-corrected chi connectivity index (χ2v) is 5.91. The fourth-order valence-electron chi connectivity index (χ4n) is 1.32. The van der Waals surface area contributed by atoms with Gasteiger partial charge >= 0.3 is 0 Å². The first-order valence-electron chi connectivity index (χ1n) is 5.04. The average Bonchev–Trinajstić information content (AvgIpc) is 2.27. The zero-order valence-electron chi connectivity index (χ0n) is 9.29. The molecule has 0 aromatic carbocycles. The second-order valence-electron chi connectivity index (χ2n) is 3.65.